The Morgan fingerprint density at radius 2 is 1.95 bits per heavy atom. The number of esters is 1. The van der Waals surface area contributed by atoms with Gasteiger partial charge >= 0.3 is 12.1 Å². The van der Waals surface area contributed by atoms with E-state index in [9.17, 15) is 9.59 Å². The second kappa shape index (κ2) is 5.24. The molecule has 0 aromatic rings. The maximum Gasteiger partial charge on any atom is 0.410 e. The van der Waals surface area contributed by atoms with Crippen LogP contribution in [0.2, 0.25) is 0 Å². The highest BCUT2D eigenvalue weighted by Gasteiger charge is 2.57. The fourth-order valence-corrected chi connectivity index (χ4v) is 2.65. The number of carbonyl (C=O) groups is 2. The first kappa shape index (κ1) is 15.1. The SMILES string of the molecule is COC(=O)C1(C2CN(C(=O)OC(C)(C)C)CCN2)CC1. The van der Waals surface area contributed by atoms with Gasteiger partial charge < -0.3 is 19.7 Å². The molecule has 1 N–H and O–H groups in total. The first-order valence-corrected chi connectivity index (χ1v) is 7.08. The lowest BCUT2D eigenvalue weighted by Gasteiger charge is -2.37. The minimum atomic E-state index is -0.503. The fourth-order valence-electron chi connectivity index (χ4n) is 2.65. The Morgan fingerprint density at radius 3 is 2.45 bits per heavy atom. The van der Waals surface area contributed by atoms with Gasteiger partial charge in [0, 0.05) is 25.7 Å². The second-order valence-corrected chi connectivity index (χ2v) is 6.58. The molecule has 1 aliphatic heterocycles. The van der Waals surface area contributed by atoms with Crippen LogP contribution >= 0.6 is 0 Å². The van der Waals surface area contributed by atoms with Gasteiger partial charge in [0.15, 0.2) is 0 Å². The quantitative estimate of drug-likeness (QED) is 0.770. The van der Waals surface area contributed by atoms with Crippen molar-refractivity contribution in [3.8, 4) is 0 Å². The zero-order valence-corrected chi connectivity index (χ0v) is 12.7. The predicted molar refractivity (Wildman–Crippen MR) is 73.3 cm³/mol. The van der Waals surface area contributed by atoms with Crippen LogP contribution in [0, 0.1) is 5.41 Å². The van der Waals surface area contributed by atoms with Gasteiger partial charge in [-0.2, -0.15) is 0 Å². The van der Waals surface area contributed by atoms with Crippen LogP contribution in [0.1, 0.15) is 33.6 Å². The first-order chi connectivity index (χ1) is 9.28. The number of ether oxygens (including phenoxy) is 2. The van der Waals surface area contributed by atoms with Gasteiger partial charge in [0.05, 0.1) is 12.5 Å². The van der Waals surface area contributed by atoms with Crippen LogP contribution < -0.4 is 5.32 Å². The molecule has 1 heterocycles. The maximum atomic E-state index is 12.1. The third-order valence-corrected chi connectivity index (χ3v) is 3.87. The van der Waals surface area contributed by atoms with Crippen molar-refractivity contribution in [2.45, 2.75) is 45.3 Å². The van der Waals surface area contributed by atoms with E-state index in [1.54, 1.807) is 4.90 Å². The fraction of sp³-hybridized carbons (Fsp3) is 0.857. The Balaban J connectivity index is 1.99. The topological polar surface area (TPSA) is 67.9 Å². The van der Waals surface area contributed by atoms with Crippen LogP contribution in [-0.4, -0.2) is 55.3 Å². The molecule has 6 nitrogen and oxygen atoms in total. The third-order valence-electron chi connectivity index (χ3n) is 3.87. The number of rotatable bonds is 2. The molecule has 1 atom stereocenters. The van der Waals surface area contributed by atoms with Crippen molar-refractivity contribution >= 4 is 12.1 Å². The van der Waals surface area contributed by atoms with Gasteiger partial charge in [-0.15, -0.1) is 0 Å². The van der Waals surface area contributed by atoms with Gasteiger partial charge in [-0.3, -0.25) is 4.79 Å². The molecule has 114 valence electrons. The van der Waals surface area contributed by atoms with Crippen molar-refractivity contribution in [3.63, 3.8) is 0 Å². The molecule has 1 aliphatic carbocycles. The number of hydrogen-bond donors (Lipinski definition) is 1. The Hall–Kier alpha value is -1.30. The third kappa shape index (κ3) is 3.06. The summed E-state index contributed by atoms with van der Waals surface area (Å²) in [5.74, 6) is -0.180. The number of amides is 1. The van der Waals surface area contributed by atoms with E-state index >= 15 is 0 Å². The van der Waals surface area contributed by atoms with Crippen LogP contribution in [0.5, 0.6) is 0 Å². The van der Waals surface area contributed by atoms with Gasteiger partial charge in [0.2, 0.25) is 0 Å². The standard InChI is InChI=1S/C14H24N2O4/c1-13(2,3)20-12(18)16-8-7-15-10(9-16)14(5-6-14)11(17)19-4/h10,15H,5-9H2,1-4H3. The molecule has 2 aliphatic rings. The lowest BCUT2D eigenvalue weighted by Crippen LogP contribution is -2.58. The lowest BCUT2D eigenvalue weighted by atomic mass is 9.94. The molecule has 0 bridgehead atoms. The Bertz CT molecular complexity index is 398. The maximum absolute atomic E-state index is 12.1. The summed E-state index contributed by atoms with van der Waals surface area (Å²) in [5, 5.41) is 3.33. The molecule has 1 amide bonds. The van der Waals surface area contributed by atoms with Crippen molar-refractivity contribution in [1.82, 2.24) is 10.2 Å². The molecule has 2 fully saturated rings. The highest BCUT2D eigenvalue weighted by atomic mass is 16.6. The van der Waals surface area contributed by atoms with E-state index in [0.29, 0.717) is 19.6 Å². The summed E-state index contributed by atoms with van der Waals surface area (Å²) in [6.07, 6.45) is 1.32. The predicted octanol–water partition coefficient (Wildman–Crippen LogP) is 1.15. The highest BCUT2D eigenvalue weighted by molar-refractivity contribution is 5.81. The summed E-state index contributed by atoms with van der Waals surface area (Å²) in [6, 6.07) is -0.0452. The zero-order chi connectivity index (χ0) is 15.0. The number of methoxy groups -OCH3 is 1. The van der Waals surface area contributed by atoms with Crippen LogP contribution in [0.3, 0.4) is 0 Å². The molecule has 0 aromatic heterocycles. The Kier molecular flexibility index (Phi) is 3.95. The average Bonchev–Trinajstić information content (AvgIpc) is 3.17. The van der Waals surface area contributed by atoms with Gasteiger partial charge in [-0.25, -0.2) is 4.79 Å². The van der Waals surface area contributed by atoms with Crippen LogP contribution in [0.4, 0.5) is 4.79 Å². The van der Waals surface area contributed by atoms with Crippen molar-refractivity contribution in [3.05, 3.63) is 0 Å². The molecule has 1 unspecified atom stereocenters. The van der Waals surface area contributed by atoms with Crippen LogP contribution in [0.15, 0.2) is 0 Å². The number of carbonyl (C=O) groups excluding carboxylic acids is 2. The minimum Gasteiger partial charge on any atom is -0.469 e. The minimum absolute atomic E-state index is 0.0452. The lowest BCUT2D eigenvalue weighted by molar-refractivity contribution is -0.149. The summed E-state index contributed by atoms with van der Waals surface area (Å²) >= 11 is 0. The number of hydrogen-bond acceptors (Lipinski definition) is 5. The number of nitrogens with one attached hydrogen (secondary N) is 1. The van der Waals surface area contributed by atoms with E-state index in [1.807, 2.05) is 20.8 Å². The summed E-state index contributed by atoms with van der Waals surface area (Å²) in [4.78, 5) is 25.7. The molecular weight excluding hydrogens is 260 g/mol. The van der Waals surface area contributed by atoms with E-state index in [-0.39, 0.29) is 18.1 Å². The normalized spacial score (nSPS) is 25.0. The van der Waals surface area contributed by atoms with Gasteiger partial charge in [-0.1, -0.05) is 0 Å². The smallest absolute Gasteiger partial charge is 0.410 e. The monoisotopic (exact) mass is 284 g/mol. The van der Waals surface area contributed by atoms with E-state index in [4.69, 9.17) is 9.47 Å². The zero-order valence-electron chi connectivity index (χ0n) is 12.7. The van der Waals surface area contributed by atoms with E-state index in [1.165, 1.54) is 7.11 Å². The number of nitrogens with zero attached hydrogens (tertiary/aromatic N) is 1. The van der Waals surface area contributed by atoms with E-state index in [2.05, 4.69) is 5.32 Å². The summed E-state index contributed by atoms with van der Waals surface area (Å²) < 4.78 is 10.3. The summed E-state index contributed by atoms with van der Waals surface area (Å²) in [6.45, 7) is 7.31. The molecule has 0 radical (unpaired) electrons. The average molecular weight is 284 g/mol. The largest absolute Gasteiger partial charge is 0.469 e. The van der Waals surface area contributed by atoms with Crippen LogP contribution in [0.25, 0.3) is 0 Å². The van der Waals surface area contributed by atoms with Gasteiger partial charge in [0.25, 0.3) is 0 Å². The van der Waals surface area contributed by atoms with Gasteiger partial charge in [-0.05, 0) is 33.6 Å². The number of piperazine rings is 1. The van der Waals surface area contributed by atoms with E-state index in [0.717, 1.165) is 12.8 Å². The highest BCUT2D eigenvalue weighted by Crippen LogP contribution is 2.50. The Morgan fingerprint density at radius 1 is 1.30 bits per heavy atom. The van der Waals surface area contributed by atoms with Crippen molar-refractivity contribution < 1.29 is 19.1 Å². The molecule has 2 rings (SSSR count). The summed E-state index contributed by atoms with van der Waals surface area (Å²) in [5.41, 5.74) is -0.952. The molecule has 20 heavy (non-hydrogen) atoms. The second-order valence-electron chi connectivity index (χ2n) is 6.58. The molecular formula is C14H24N2O4. The molecule has 6 heteroatoms. The first-order valence-electron chi connectivity index (χ1n) is 7.08. The molecule has 1 saturated carbocycles. The summed E-state index contributed by atoms with van der Waals surface area (Å²) in [7, 11) is 1.41. The van der Waals surface area contributed by atoms with Crippen LogP contribution in [-0.2, 0) is 14.3 Å². The van der Waals surface area contributed by atoms with Crippen molar-refractivity contribution in [1.29, 1.82) is 0 Å². The van der Waals surface area contributed by atoms with E-state index < -0.39 is 11.0 Å². The van der Waals surface area contributed by atoms with Crippen molar-refractivity contribution in [2.24, 2.45) is 5.41 Å². The molecule has 1 saturated heterocycles. The Labute approximate surface area is 119 Å². The molecule has 0 aromatic carbocycles. The van der Waals surface area contributed by atoms with Gasteiger partial charge in [0.1, 0.15) is 5.60 Å². The van der Waals surface area contributed by atoms with Crippen molar-refractivity contribution in [2.75, 3.05) is 26.7 Å². The molecule has 0 spiro atoms.